The first kappa shape index (κ1) is 15.5. The van der Waals surface area contributed by atoms with Gasteiger partial charge in [-0.25, -0.2) is 0 Å². The van der Waals surface area contributed by atoms with Gasteiger partial charge in [0.25, 0.3) is 0 Å². The average Bonchev–Trinajstić information content (AvgIpc) is 2.58. The van der Waals surface area contributed by atoms with Gasteiger partial charge in [0.05, 0.1) is 13.0 Å². The van der Waals surface area contributed by atoms with E-state index in [1.165, 1.54) is 25.7 Å². The maximum atomic E-state index is 11.8. The highest BCUT2D eigenvalue weighted by Crippen LogP contribution is 2.28. The van der Waals surface area contributed by atoms with Crippen LogP contribution in [0.1, 0.15) is 65.7 Å². The summed E-state index contributed by atoms with van der Waals surface area (Å²) in [6.07, 6.45) is 7.92. The molecule has 1 unspecified atom stereocenters. The van der Waals surface area contributed by atoms with Crippen LogP contribution in [0.5, 0.6) is 0 Å². The zero-order valence-corrected chi connectivity index (χ0v) is 12.3. The van der Waals surface area contributed by atoms with Crippen molar-refractivity contribution in [3.05, 3.63) is 0 Å². The van der Waals surface area contributed by atoms with Crippen molar-refractivity contribution < 1.29 is 9.53 Å². The molecule has 0 amide bonds. The zero-order valence-electron chi connectivity index (χ0n) is 12.3. The molecule has 18 heavy (non-hydrogen) atoms. The Morgan fingerprint density at radius 2 is 1.78 bits per heavy atom. The highest BCUT2D eigenvalue weighted by Gasteiger charge is 2.34. The summed E-state index contributed by atoms with van der Waals surface area (Å²) in [5.41, 5.74) is -0.00859. The molecule has 106 valence electrons. The van der Waals surface area contributed by atoms with Crippen LogP contribution in [0.4, 0.5) is 0 Å². The van der Waals surface area contributed by atoms with Crippen molar-refractivity contribution in [1.29, 1.82) is 0 Å². The Labute approximate surface area is 112 Å². The third-order valence-corrected chi connectivity index (χ3v) is 3.99. The van der Waals surface area contributed by atoms with E-state index in [0.717, 1.165) is 25.9 Å². The molecule has 1 atom stereocenters. The van der Waals surface area contributed by atoms with Crippen LogP contribution in [-0.4, -0.2) is 36.1 Å². The minimum absolute atomic E-state index is 0.00859. The molecule has 0 aromatic carbocycles. The van der Waals surface area contributed by atoms with E-state index in [1.54, 1.807) is 0 Å². The molecule has 0 saturated carbocycles. The summed E-state index contributed by atoms with van der Waals surface area (Å²) < 4.78 is 5.14. The predicted molar refractivity (Wildman–Crippen MR) is 74.6 cm³/mol. The van der Waals surface area contributed by atoms with Crippen molar-refractivity contribution >= 4 is 5.97 Å². The highest BCUT2D eigenvalue weighted by molar-refractivity contribution is 5.70. The van der Waals surface area contributed by atoms with E-state index < -0.39 is 0 Å². The van der Waals surface area contributed by atoms with E-state index in [1.807, 2.05) is 6.92 Å². The van der Waals surface area contributed by atoms with Gasteiger partial charge in [-0.05, 0) is 46.2 Å². The van der Waals surface area contributed by atoms with Crippen LogP contribution >= 0.6 is 0 Å². The van der Waals surface area contributed by atoms with Gasteiger partial charge >= 0.3 is 5.97 Å². The Balaban J connectivity index is 2.66. The monoisotopic (exact) mass is 255 g/mol. The van der Waals surface area contributed by atoms with Crippen LogP contribution in [0.15, 0.2) is 0 Å². The van der Waals surface area contributed by atoms with Crippen LogP contribution in [0.3, 0.4) is 0 Å². The number of carbonyl (C=O) groups excluding carboxylic acids is 1. The van der Waals surface area contributed by atoms with E-state index in [4.69, 9.17) is 4.74 Å². The van der Waals surface area contributed by atoms with Gasteiger partial charge in [-0.15, -0.1) is 0 Å². The van der Waals surface area contributed by atoms with Gasteiger partial charge < -0.3 is 4.74 Å². The standard InChI is InChI=1S/C15H29NO2/c1-4-10-15(3,13-14(17)18-5-2)16-11-8-6-7-9-12-16/h4-13H2,1-3H3. The Kier molecular flexibility index (Phi) is 6.69. The topological polar surface area (TPSA) is 29.5 Å². The second-order valence-corrected chi connectivity index (χ2v) is 5.63. The lowest BCUT2D eigenvalue weighted by Crippen LogP contribution is -2.48. The predicted octanol–water partition coefficient (Wildman–Crippen LogP) is 3.37. The second-order valence-electron chi connectivity index (χ2n) is 5.63. The number of likely N-dealkylation sites (tertiary alicyclic amines) is 1. The van der Waals surface area contributed by atoms with E-state index in [2.05, 4.69) is 18.7 Å². The number of ether oxygens (including phenoxy) is 1. The second kappa shape index (κ2) is 7.78. The summed E-state index contributed by atoms with van der Waals surface area (Å²) in [5.74, 6) is -0.0438. The molecule has 0 aliphatic carbocycles. The fraction of sp³-hybridized carbons (Fsp3) is 0.933. The Bertz CT molecular complexity index is 247. The molecular weight excluding hydrogens is 226 g/mol. The van der Waals surface area contributed by atoms with Crippen LogP contribution < -0.4 is 0 Å². The minimum Gasteiger partial charge on any atom is -0.466 e. The third kappa shape index (κ3) is 4.60. The van der Waals surface area contributed by atoms with Gasteiger partial charge in [-0.1, -0.05) is 26.2 Å². The quantitative estimate of drug-likeness (QED) is 0.681. The van der Waals surface area contributed by atoms with Gasteiger partial charge in [0.1, 0.15) is 0 Å². The van der Waals surface area contributed by atoms with Gasteiger partial charge in [0.2, 0.25) is 0 Å². The normalized spacial score (nSPS) is 21.1. The number of hydrogen-bond donors (Lipinski definition) is 0. The highest BCUT2D eigenvalue weighted by atomic mass is 16.5. The smallest absolute Gasteiger partial charge is 0.307 e. The van der Waals surface area contributed by atoms with Crippen molar-refractivity contribution in [2.75, 3.05) is 19.7 Å². The third-order valence-electron chi connectivity index (χ3n) is 3.99. The number of carbonyl (C=O) groups is 1. The molecule has 3 nitrogen and oxygen atoms in total. The fourth-order valence-electron chi connectivity index (χ4n) is 3.03. The summed E-state index contributed by atoms with van der Waals surface area (Å²) >= 11 is 0. The Hall–Kier alpha value is -0.570. The molecule has 0 spiro atoms. The van der Waals surface area contributed by atoms with Gasteiger partial charge in [0.15, 0.2) is 0 Å². The Morgan fingerprint density at radius 3 is 2.28 bits per heavy atom. The van der Waals surface area contributed by atoms with Crippen molar-refractivity contribution in [2.45, 2.75) is 71.3 Å². The molecule has 0 aromatic heterocycles. The van der Waals surface area contributed by atoms with Crippen molar-refractivity contribution in [2.24, 2.45) is 0 Å². The van der Waals surface area contributed by atoms with Crippen LogP contribution in [-0.2, 0) is 9.53 Å². The van der Waals surface area contributed by atoms with E-state index in [-0.39, 0.29) is 11.5 Å². The Morgan fingerprint density at radius 1 is 1.17 bits per heavy atom. The number of nitrogens with zero attached hydrogens (tertiary/aromatic N) is 1. The first-order chi connectivity index (χ1) is 8.62. The molecule has 1 aliphatic rings. The molecule has 0 aromatic rings. The van der Waals surface area contributed by atoms with Crippen molar-refractivity contribution in [1.82, 2.24) is 4.90 Å². The largest absolute Gasteiger partial charge is 0.466 e. The first-order valence-electron chi connectivity index (χ1n) is 7.53. The van der Waals surface area contributed by atoms with Crippen molar-refractivity contribution in [3.8, 4) is 0 Å². The molecule has 1 aliphatic heterocycles. The number of esters is 1. The molecule has 0 radical (unpaired) electrons. The van der Waals surface area contributed by atoms with Crippen LogP contribution in [0.25, 0.3) is 0 Å². The maximum absolute atomic E-state index is 11.8. The minimum atomic E-state index is -0.0438. The molecule has 3 heteroatoms. The molecule has 0 N–H and O–H groups in total. The summed E-state index contributed by atoms with van der Waals surface area (Å²) in [7, 11) is 0. The fourth-order valence-corrected chi connectivity index (χ4v) is 3.03. The maximum Gasteiger partial charge on any atom is 0.307 e. The van der Waals surface area contributed by atoms with Crippen LogP contribution in [0, 0.1) is 0 Å². The molecule has 1 saturated heterocycles. The summed E-state index contributed by atoms with van der Waals surface area (Å²) in [4.78, 5) is 14.3. The van der Waals surface area contributed by atoms with Crippen molar-refractivity contribution in [3.63, 3.8) is 0 Å². The molecule has 1 rings (SSSR count). The number of rotatable bonds is 6. The van der Waals surface area contributed by atoms with E-state index in [9.17, 15) is 4.79 Å². The van der Waals surface area contributed by atoms with Gasteiger partial charge in [0, 0.05) is 5.54 Å². The molecule has 1 fully saturated rings. The SMILES string of the molecule is CCCC(C)(CC(=O)OCC)N1CCCCCC1. The lowest BCUT2D eigenvalue weighted by atomic mass is 9.89. The van der Waals surface area contributed by atoms with Gasteiger partial charge in [-0.2, -0.15) is 0 Å². The lowest BCUT2D eigenvalue weighted by Gasteiger charge is -2.40. The van der Waals surface area contributed by atoms with Gasteiger partial charge in [-0.3, -0.25) is 9.69 Å². The summed E-state index contributed by atoms with van der Waals surface area (Å²) in [5, 5.41) is 0. The van der Waals surface area contributed by atoms with E-state index >= 15 is 0 Å². The van der Waals surface area contributed by atoms with Crippen LogP contribution in [0.2, 0.25) is 0 Å². The first-order valence-corrected chi connectivity index (χ1v) is 7.53. The van der Waals surface area contributed by atoms with E-state index in [0.29, 0.717) is 13.0 Å². The summed E-state index contributed by atoms with van der Waals surface area (Å²) in [6, 6.07) is 0. The zero-order chi connectivity index (χ0) is 13.4. The number of hydrogen-bond acceptors (Lipinski definition) is 3. The molecular formula is C15H29NO2. The lowest BCUT2D eigenvalue weighted by molar-refractivity contribution is -0.146. The molecule has 1 heterocycles. The molecule has 0 bridgehead atoms. The average molecular weight is 255 g/mol. The summed E-state index contributed by atoms with van der Waals surface area (Å²) in [6.45, 7) is 9.06.